The summed E-state index contributed by atoms with van der Waals surface area (Å²) < 4.78 is 24.3. The highest BCUT2D eigenvalue weighted by atomic mass is 16.6. The van der Waals surface area contributed by atoms with Crippen LogP contribution in [0.1, 0.15) is 37.4 Å². The van der Waals surface area contributed by atoms with Gasteiger partial charge in [-0.3, -0.25) is 4.79 Å². The summed E-state index contributed by atoms with van der Waals surface area (Å²) >= 11 is 0. The number of hydrogen-bond acceptors (Lipinski definition) is 9. The van der Waals surface area contributed by atoms with Gasteiger partial charge >= 0.3 is 11.9 Å². The van der Waals surface area contributed by atoms with Crippen molar-refractivity contribution in [2.24, 2.45) is 0 Å². The van der Waals surface area contributed by atoms with Gasteiger partial charge in [0.25, 0.3) is 0 Å². The summed E-state index contributed by atoms with van der Waals surface area (Å²) in [5, 5.41) is 21.1. The Bertz CT molecular complexity index is 2580. The van der Waals surface area contributed by atoms with Gasteiger partial charge in [0.05, 0.1) is 11.1 Å². The van der Waals surface area contributed by atoms with Crippen molar-refractivity contribution in [1.29, 1.82) is 0 Å². The van der Waals surface area contributed by atoms with Gasteiger partial charge in [-0.2, -0.15) is 0 Å². The van der Waals surface area contributed by atoms with E-state index in [4.69, 9.17) is 18.6 Å². The highest BCUT2D eigenvalue weighted by Gasteiger charge is 2.53. The fourth-order valence-electron chi connectivity index (χ4n) is 6.90. The zero-order valence-corrected chi connectivity index (χ0v) is 25.3. The van der Waals surface area contributed by atoms with Crippen LogP contribution in [0.3, 0.4) is 0 Å². The second kappa shape index (κ2) is 10.3. The van der Waals surface area contributed by atoms with Crippen LogP contribution in [0, 0.1) is 0 Å². The maximum atomic E-state index is 14.0. The second-order valence-electron chi connectivity index (χ2n) is 11.8. The molecule has 0 bridgehead atoms. The number of aromatic hydroxyl groups is 2. The number of phenols is 2. The van der Waals surface area contributed by atoms with Gasteiger partial charge in [0.2, 0.25) is 0 Å². The van der Waals surface area contributed by atoms with E-state index < -0.39 is 17.5 Å². The average molecular weight is 647 g/mol. The number of esters is 2. The van der Waals surface area contributed by atoms with Crippen LogP contribution in [0.15, 0.2) is 131 Å². The smallest absolute Gasteiger partial charge is 0.344 e. The highest BCUT2D eigenvalue weighted by molar-refractivity contribution is 6.08. The minimum Gasteiger partial charge on any atom is -0.508 e. The summed E-state index contributed by atoms with van der Waals surface area (Å²) in [6.07, 6.45) is 0. The first kappa shape index (κ1) is 28.4. The largest absolute Gasteiger partial charge is 0.508 e. The van der Waals surface area contributed by atoms with E-state index in [1.165, 1.54) is 36.4 Å². The number of ether oxygens (including phenoxy) is 3. The van der Waals surface area contributed by atoms with E-state index in [9.17, 15) is 24.6 Å². The third-order valence-electron chi connectivity index (χ3n) is 8.97. The minimum absolute atomic E-state index is 0.0161. The van der Waals surface area contributed by atoms with E-state index in [0.717, 1.165) is 0 Å². The minimum atomic E-state index is -1.35. The quantitative estimate of drug-likeness (QED) is 0.112. The first-order chi connectivity index (χ1) is 23.8. The van der Waals surface area contributed by atoms with Gasteiger partial charge in [0.15, 0.2) is 11.0 Å². The first-order valence-electron chi connectivity index (χ1n) is 15.3. The van der Waals surface area contributed by atoms with Crippen molar-refractivity contribution in [1.82, 2.24) is 0 Å². The van der Waals surface area contributed by atoms with Crippen LogP contribution in [-0.2, 0) is 10.3 Å². The molecule has 9 heteroatoms. The van der Waals surface area contributed by atoms with Crippen LogP contribution in [0.25, 0.3) is 33.4 Å². The van der Waals surface area contributed by atoms with Gasteiger partial charge in [-0.15, -0.1) is 0 Å². The molecule has 236 valence electrons. The molecule has 0 amide bonds. The van der Waals surface area contributed by atoms with E-state index >= 15 is 0 Å². The molecule has 3 aliphatic heterocycles. The maximum Gasteiger partial charge on any atom is 0.344 e. The molecule has 0 radical (unpaired) electrons. The third kappa shape index (κ3) is 4.22. The first-order valence-corrected chi connectivity index (χ1v) is 15.3. The molecule has 1 spiro atoms. The van der Waals surface area contributed by atoms with Gasteiger partial charge < -0.3 is 28.8 Å². The molecule has 2 N–H and O–H groups in total. The van der Waals surface area contributed by atoms with Crippen LogP contribution < -0.4 is 14.9 Å². The molecule has 0 fully saturated rings. The monoisotopic (exact) mass is 646 g/mol. The van der Waals surface area contributed by atoms with Crippen LogP contribution in [0.4, 0.5) is 0 Å². The number of carbonyl (C=O) groups excluding carboxylic acids is 2. The fourth-order valence-corrected chi connectivity index (χ4v) is 6.90. The molecule has 5 aromatic rings. The van der Waals surface area contributed by atoms with Gasteiger partial charge in [-0.1, -0.05) is 36.4 Å². The second-order valence-corrected chi connectivity index (χ2v) is 11.8. The molecule has 1 unspecified atom stereocenters. The van der Waals surface area contributed by atoms with E-state index in [1.807, 2.05) is 12.1 Å². The lowest BCUT2D eigenvalue weighted by Gasteiger charge is -2.36. The van der Waals surface area contributed by atoms with Gasteiger partial charge in [-0.25, -0.2) is 9.59 Å². The van der Waals surface area contributed by atoms with Crippen LogP contribution >= 0.6 is 0 Å². The number of hydrogen-bond donors (Lipinski definition) is 2. The predicted molar refractivity (Wildman–Crippen MR) is 178 cm³/mol. The molecule has 0 aromatic heterocycles. The Hall–Kier alpha value is -6.87. The number of benzene rings is 6. The molecular formula is C40H22O9. The maximum absolute atomic E-state index is 14.0. The van der Waals surface area contributed by atoms with E-state index in [0.29, 0.717) is 55.7 Å². The molecular weight excluding hydrogens is 624 g/mol. The molecule has 9 nitrogen and oxygen atoms in total. The van der Waals surface area contributed by atoms with Crippen molar-refractivity contribution in [2.45, 2.75) is 5.60 Å². The lowest BCUT2D eigenvalue weighted by molar-refractivity contribution is 0.0224. The summed E-state index contributed by atoms with van der Waals surface area (Å²) in [4.78, 5) is 39.3. The molecule has 0 saturated heterocycles. The van der Waals surface area contributed by atoms with Crippen molar-refractivity contribution < 1.29 is 38.4 Å². The summed E-state index contributed by atoms with van der Waals surface area (Å²) in [6, 6.07) is 32.6. The normalized spacial score (nSPS) is 15.7. The predicted octanol–water partition coefficient (Wildman–Crippen LogP) is 7.76. The highest BCUT2D eigenvalue weighted by Crippen LogP contribution is 2.57. The molecule has 1 aliphatic carbocycles. The number of phenolic OH excluding ortho intramolecular Hbond substituents is 2. The summed E-state index contributed by atoms with van der Waals surface area (Å²) in [5.74, 6) is -0.202. The molecule has 49 heavy (non-hydrogen) atoms. The molecule has 3 heterocycles. The van der Waals surface area contributed by atoms with Gasteiger partial charge in [0.1, 0.15) is 40.1 Å². The Balaban J connectivity index is 1.15. The fraction of sp³-hybridized carbons (Fsp3) is 0.0250. The molecule has 5 aromatic carbocycles. The lowest BCUT2D eigenvalue weighted by atomic mass is 9.77. The molecule has 0 saturated carbocycles. The van der Waals surface area contributed by atoms with Crippen LogP contribution in [-0.4, -0.2) is 22.2 Å². The van der Waals surface area contributed by atoms with Crippen molar-refractivity contribution in [3.05, 3.63) is 159 Å². The van der Waals surface area contributed by atoms with Gasteiger partial charge in [0, 0.05) is 57.5 Å². The SMILES string of the molecule is O=C(Oc1ccc2c(c1)Oc1cc(O)ccc1C21OC(=O)c2ccccc21)c1ccccc1-c1c2ccc(=O)cc-2oc2cc(O)ccc12. The van der Waals surface area contributed by atoms with Crippen LogP contribution in [0.5, 0.6) is 28.7 Å². The van der Waals surface area contributed by atoms with Crippen molar-refractivity contribution >= 4 is 22.9 Å². The zero-order chi connectivity index (χ0) is 33.4. The van der Waals surface area contributed by atoms with E-state index in [2.05, 4.69) is 0 Å². The number of carbonyl (C=O) groups is 2. The summed E-state index contributed by atoms with van der Waals surface area (Å²) in [6.45, 7) is 0. The van der Waals surface area contributed by atoms with Crippen LogP contribution in [0.2, 0.25) is 0 Å². The Labute approximate surface area is 277 Å². The van der Waals surface area contributed by atoms with Crippen molar-refractivity contribution in [3.8, 4) is 51.2 Å². The number of rotatable bonds is 3. The molecule has 4 aliphatic rings. The Morgan fingerprint density at radius 3 is 2.22 bits per heavy atom. The van der Waals surface area contributed by atoms with Crippen molar-refractivity contribution in [3.63, 3.8) is 0 Å². The standard InChI is InChI=1S/C40H22O9/c41-21-9-13-28-33(17-21)47-34-18-22(42)10-14-29(34)37(28)25-5-1-2-6-26(25)38(44)46-24-12-16-32-36(20-24)48-35-19-23(43)11-15-31(35)40(32)30-8-4-3-7-27(30)39(45)49-40/h1-20,41,43H. The zero-order valence-electron chi connectivity index (χ0n) is 25.3. The van der Waals surface area contributed by atoms with E-state index in [-0.39, 0.29) is 39.7 Å². The van der Waals surface area contributed by atoms with E-state index in [1.54, 1.807) is 72.8 Å². The van der Waals surface area contributed by atoms with Crippen molar-refractivity contribution in [2.75, 3.05) is 0 Å². The topological polar surface area (TPSA) is 132 Å². The Morgan fingerprint density at radius 2 is 1.37 bits per heavy atom. The Morgan fingerprint density at radius 1 is 0.653 bits per heavy atom. The Kier molecular flexibility index (Phi) is 5.97. The summed E-state index contributed by atoms with van der Waals surface area (Å²) in [7, 11) is 0. The third-order valence-corrected chi connectivity index (χ3v) is 8.97. The van der Waals surface area contributed by atoms with Gasteiger partial charge in [-0.05, 0) is 66.2 Å². The lowest BCUT2D eigenvalue weighted by Crippen LogP contribution is -2.33. The number of fused-ring (bicyclic) bond motifs is 8. The molecule has 9 rings (SSSR count). The average Bonchev–Trinajstić information content (AvgIpc) is 3.39. The molecule has 1 atom stereocenters. The summed E-state index contributed by atoms with van der Waals surface area (Å²) in [5.41, 5.74) is 2.82.